The highest BCUT2D eigenvalue weighted by atomic mass is 35.5. The van der Waals surface area contributed by atoms with Gasteiger partial charge in [-0.15, -0.1) is 0 Å². The topological polar surface area (TPSA) is 165 Å². The molecule has 0 atom stereocenters. The Balaban J connectivity index is 1.58. The van der Waals surface area contributed by atoms with E-state index >= 15 is 0 Å². The first-order valence-corrected chi connectivity index (χ1v) is 14.6. The predicted molar refractivity (Wildman–Crippen MR) is 158 cm³/mol. The first kappa shape index (κ1) is 29.8. The van der Waals surface area contributed by atoms with Crippen LogP contribution in [-0.2, 0) is 10.0 Å². The smallest absolute Gasteiger partial charge is 0.261 e. The van der Waals surface area contributed by atoms with Gasteiger partial charge in [0.2, 0.25) is 10.0 Å². The minimum Gasteiger partial charge on any atom is -0.383 e. The van der Waals surface area contributed by atoms with Crippen LogP contribution < -0.4 is 16.6 Å². The molecule has 13 heteroatoms. The third-order valence-electron chi connectivity index (χ3n) is 6.98. The summed E-state index contributed by atoms with van der Waals surface area (Å²) >= 11 is 6.05. The molecule has 0 unspecified atom stereocenters. The van der Waals surface area contributed by atoms with Gasteiger partial charge in [0.15, 0.2) is 0 Å². The maximum absolute atomic E-state index is 13.0. The van der Waals surface area contributed by atoms with Crippen molar-refractivity contribution in [2.24, 2.45) is 10.7 Å². The van der Waals surface area contributed by atoms with E-state index in [2.05, 4.69) is 21.4 Å². The highest BCUT2D eigenvalue weighted by molar-refractivity contribution is 7.89. The lowest BCUT2D eigenvalue weighted by Gasteiger charge is -2.42. The quantitative estimate of drug-likeness (QED) is 0.265. The van der Waals surface area contributed by atoms with E-state index in [0.29, 0.717) is 47.9 Å². The van der Waals surface area contributed by atoms with Gasteiger partial charge in [-0.05, 0) is 61.4 Å². The molecular formula is C28H30ClN7O4S. The Kier molecular flexibility index (Phi) is 8.82. The minimum atomic E-state index is -3.61. The number of pyridine rings is 1. The molecule has 1 aromatic heterocycles. The van der Waals surface area contributed by atoms with Crippen LogP contribution in [0, 0.1) is 11.3 Å². The van der Waals surface area contributed by atoms with Crippen molar-refractivity contribution >= 4 is 44.7 Å². The molecule has 0 spiro atoms. The van der Waals surface area contributed by atoms with Gasteiger partial charge in [0, 0.05) is 44.0 Å². The van der Waals surface area contributed by atoms with Crippen LogP contribution in [0.4, 0.5) is 11.4 Å². The molecule has 3 aromatic rings. The molecule has 0 bridgehead atoms. The van der Waals surface area contributed by atoms with Crippen molar-refractivity contribution in [3.8, 4) is 6.07 Å². The van der Waals surface area contributed by atoms with Gasteiger partial charge < -0.3 is 20.9 Å². The number of hydrogen-bond acceptors (Lipinski definition) is 7. The fraction of sp³-hybridized carbons (Fsp3) is 0.286. The number of rotatable bonds is 8. The molecule has 0 saturated carbocycles. The lowest BCUT2D eigenvalue weighted by Crippen LogP contribution is -2.51. The number of sulfonamides is 1. The SMILES string of the molecule is CN(C)S(=O)(=O)c1ccc(N=C(N)c2c(NC3(CC#N)CCN(C(=O)c4cccc(Cl)c4)CC3)cc[nH]c2=O)cc1. The van der Waals surface area contributed by atoms with E-state index in [0.717, 1.165) is 4.31 Å². The van der Waals surface area contributed by atoms with Crippen molar-refractivity contribution < 1.29 is 13.2 Å². The Hall–Kier alpha value is -4.18. The zero-order valence-corrected chi connectivity index (χ0v) is 24.2. The molecule has 1 amide bonds. The summed E-state index contributed by atoms with van der Waals surface area (Å²) in [6.45, 7) is 0.786. The monoisotopic (exact) mass is 595 g/mol. The van der Waals surface area contributed by atoms with Crippen LogP contribution in [0.15, 0.2) is 75.5 Å². The molecule has 214 valence electrons. The number of hydrogen-bond donors (Lipinski definition) is 3. The van der Waals surface area contributed by atoms with Gasteiger partial charge >= 0.3 is 0 Å². The van der Waals surface area contributed by atoms with Gasteiger partial charge in [-0.25, -0.2) is 17.7 Å². The molecule has 1 fully saturated rings. The lowest BCUT2D eigenvalue weighted by molar-refractivity contribution is 0.0684. The summed E-state index contributed by atoms with van der Waals surface area (Å²) in [5.74, 6) is -0.228. The third kappa shape index (κ3) is 6.59. The number of amidine groups is 1. The van der Waals surface area contributed by atoms with Gasteiger partial charge in [0.05, 0.1) is 34.3 Å². The summed E-state index contributed by atoms with van der Waals surface area (Å²) in [5, 5.41) is 13.5. The Morgan fingerprint density at radius 2 is 1.88 bits per heavy atom. The zero-order valence-electron chi connectivity index (χ0n) is 22.6. The Labute approximate surface area is 243 Å². The first-order valence-electron chi connectivity index (χ1n) is 12.7. The van der Waals surface area contributed by atoms with E-state index in [-0.39, 0.29) is 28.6 Å². The number of nitriles is 1. The number of amides is 1. The maximum atomic E-state index is 13.0. The summed E-state index contributed by atoms with van der Waals surface area (Å²) < 4.78 is 25.8. The largest absolute Gasteiger partial charge is 0.383 e. The second-order valence-electron chi connectivity index (χ2n) is 9.92. The number of aromatic nitrogens is 1. The zero-order chi connectivity index (χ0) is 29.8. The number of benzene rings is 2. The highest BCUT2D eigenvalue weighted by Crippen LogP contribution is 2.32. The van der Waals surface area contributed by atoms with E-state index in [1.807, 2.05) is 0 Å². The fourth-order valence-corrected chi connectivity index (χ4v) is 5.75. The molecule has 4 N–H and O–H groups in total. The Morgan fingerprint density at radius 1 is 1.20 bits per heavy atom. The number of likely N-dealkylation sites (tertiary alicyclic amines) is 1. The summed E-state index contributed by atoms with van der Waals surface area (Å²) in [6.07, 6.45) is 2.52. The van der Waals surface area contributed by atoms with Crippen LogP contribution in [0.1, 0.15) is 35.2 Å². The summed E-state index contributed by atoms with van der Waals surface area (Å²) in [5.41, 5.74) is 6.43. The van der Waals surface area contributed by atoms with Crippen LogP contribution in [-0.4, -0.2) is 67.1 Å². The van der Waals surface area contributed by atoms with Gasteiger partial charge in [-0.1, -0.05) is 17.7 Å². The number of piperidine rings is 1. The number of halogens is 1. The molecule has 4 rings (SSSR count). The van der Waals surface area contributed by atoms with Crippen LogP contribution in [0.2, 0.25) is 5.02 Å². The minimum absolute atomic E-state index is 0.0850. The van der Waals surface area contributed by atoms with E-state index in [1.165, 1.54) is 44.6 Å². The van der Waals surface area contributed by atoms with Crippen molar-refractivity contribution in [1.82, 2.24) is 14.2 Å². The van der Waals surface area contributed by atoms with E-state index in [9.17, 15) is 23.3 Å². The van der Waals surface area contributed by atoms with Crippen molar-refractivity contribution in [2.45, 2.75) is 29.7 Å². The van der Waals surface area contributed by atoms with Crippen LogP contribution in [0.3, 0.4) is 0 Å². The molecule has 1 aliphatic rings. The number of carbonyl (C=O) groups is 1. The number of carbonyl (C=O) groups excluding carboxylic acids is 1. The standard InChI is InChI=1S/C28H30ClN7O4S/c1-35(2)41(39,40)22-8-6-21(7-9-22)33-25(31)24-23(10-15-32-26(24)37)34-28(11-14-30)12-16-36(17-13-28)27(38)19-4-3-5-20(29)18-19/h3-10,15,18H,11-13,16-17H2,1-2H3,(H2,31,33)(H2,32,34,37). The van der Waals surface area contributed by atoms with Crippen LogP contribution in [0.25, 0.3) is 0 Å². The molecule has 41 heavy (non-hydrogen) atoms. The molecule has 0 aliphatic carbocycles. The molecular weight excluding hydrogens is 566 g/mol. The van der Waals surface area contributed by atoms with Gasteiger partial charge in [-0.2, -0.15) is 5.26 Å². The van der Waals surface area contributed by atoms with Gasteiger partial charge in [-0.3, -0.25) is 9.59 Å². The number of nitrogens with two attached hydrogens (primary N) is 1. The second-order valence-corrected chi connectivity index (χ2v) is 12.5. The third-order valence-corrected chi connectivity index (χ3v) is 9.04. The Bertz CT molecular complexity index is 1670. The number of anilines is 1. The first-order chi connectivity index (χ1) is 19.5. The van der Waals surface area contributed by atoms with Crippen molar-refractivity contribution in [3.05, 3.63) is 87.3 Å². The highest BCUT2D eigenvalue weighted by Gasteiger charge is 2.37. The molecule has 2 heterocycles. The molecule has 0 radical (unpaired) electrons. The lowest BCUT2D eigenvalue weighted by atomic mass is 9.84. The summed E-state index contributed by atoms with van der Waals surface area (Å²) in [6, 6.07) is 16.5. The van der Waals surface area contributed by atoms with Crippen LogP contribution >= 0.6 is 11.6 Å². The van der Waals surface area contributed by atoms with Gasteiger partial charge in [0.25, 0.3) is 11.5 Å². The van der Waals surface area contributed by atoms with E-state index in [1.54, 1.807) is 35.2 Å². The van der Waals surface area contributed by atoms with E-state index in [4.69, 9.17) is 17.3 Å². The maximum Gasteiger partial charge on any atom is 0.261 e. The predicted octanol–water partition coefficient (Wildman–Crippen LogP) is 3.32. The second kappa shape index (κ2) is 12.1. The summed E-state index contributed by atoms with van der Waals surface area (Å²) in [7, 11) is -0.731. The van der Waals surface area contributed by atoms with Crippen LogP contribution in [0.5, 0.6) is 0 Å². The number of aliphatic imine (C=N–C) groups is 1. The van der Waals surface area contributed by atoms with Crippen molar-refractivity contribution in [1.29, 1.82) is 5.26 Å². The van der Waals surface area contributed by atoms with E-state index < -0.39 is 21.1 Å². The van der Waals surface area contributed by atoms with Crippen molar-refractivity contribution in [2.75, 3.05) is 32.5 Å². The van der Waals surface area contributed by atoms with Gasteiger partial charge in [0.1, 0.15) is 11.4 Å². The average molecular weight is 596 g/mol. The normalized spacial score (nSPS) is 15.4. The molecule has 11 nitrogen and oxygen atoms in total. The molecule has 1 aliphatic heterocycles. The Morgan fingerprint density at radius 3 is 2.49 bits per heavy atom. The average Bonchev–Trinajstić information content (AvgIpc) is 2.93. The number of H-pyrrole nitrogens is 1. The fourth-order valence-electron chi connectivity index (χ4n) is 4.66. The van der Waals surface area contributed by atoms with Crippen molar-refractivity contribution in [3.63, 3.8) is 0 Å². The molecule has 2 aromatic carbocycles. The summed E-state index contributed by atoms with van der Waals surface area (Å²) in [4.78, 5) is 34.7. The number of nitrogens with zero attached hydrogens (tertiary/aromatic N) is 4. The molecule has 1 saturated heterocycles. The number of nitrogens with one attached hydrogen (secondary N) is 2. The number of aromatic amines is 1.